The van der Waals surface area contributed by atoms with E-state index in [4.69, 9.17) is 0 Å². The Morgan fingerprint density at radius 2 is 1.87 bits per heavy atom. The maximum absolute atomic E-state index is 13.8. The summed E-state index contributed by atoms with van der Waals surface area (Å²) in [7, 11) is -2.56. The van der Waals surface area contributed by atoms with E-state index in [0.29, 0.717) is 10.0 Å². The fourth-order valence-corrected chi connectivity index (χ4v) is 3.35. The number of carbonyl (C=O) groups excluding carboxylic acids is 1. The van der Waals surface area contributed by atoms with E-state index in [1.54, 1.807) is 6.92 Å². The fourth-order valence-electron chi connectivity index (χ4n) is 1.92. The van der Waals surface area contributed by atoms with Crippen molar-refractivity contribution in [2.24, 2.45) is 0 Å². The molecule has 0 spiro atoms. The number of halogens is 2. The number of carbonyl (C=O) groups is 1. The molecule has 2 aromatic rings. The third kappa shape index (κ3) is 3.89. The number of hydrogen-bond acceptors (Lipinski definition) is 3. The predicted molar refractivity (Wildman–Crippen MR) is 89.5 cm³/mol. The molecule has 0 fully saturated rings. The zero-order chi connectivity index (χ0) is 17.2. The smallest absolute Gasteiger partial charge is 0.262 e. The summed E-state index contributed by atoms with van der Waals surface area (Å²) in [5, 5.41) is 2.45. The lowest BCUT2D eigenvalue weighted by molar-refractivity contribution is 0.0962. The van der Waals surface area contributed by atoms with Crippen molar-refractivity contribution in [1.82, 2.24) is 5.32 Å². The first-order valence-electron chi connectivity index (χ1n) is 6.55. The zero-order valence-electron chi connectivity index (χ0n) is 12.4. The lowest BCUT2D eigenvalue weighted by Crippen LogP contribution is -2.20. The van der Waals surface area contributed by atoms with Crippen molar-refractivity contribution < 1.29 is 17.6 Å². The number of rotatable bonds is 4. The SMILES string of the molecule is CNC(=O)c1cc(S(=O)(=O)Nc2ccc(Br)cc2F)ccc1C. The summed E-state index contributed by atoms with van der Waals surface area (Å²) in [5.41, 5.74) is 0.708. The average Bonchev–Trinajstić information content (AvgIpc) is 2.49. The van der Waals surface area contributed by atoms with Crippen molar-refractivity contribution in [2.75, 3.05) is 11.8 Å². The molecule has 0 heterocycles. The molecule has 2 rings (SSSR count). The van der Waals surface area contributed by atoms with Crippen molar-refractivity contribution in [3.63, 3.8) is 0 Å². The fraction of sp³-hybridized carbons (Fsp3) is 0.133. The highest BCUT2D eigenvalue weighted by molar-refractivity contribution is 9.10. The van der Waals surface area contributed by atoms with Crippen molar-refractivity contribution >= 4 is 37.5 Å². The molecule has 1 amide bonds. The van der Waals surface area contributed by atoms with Gasteiger partial charge in [-0.25, -0.2) is 12.8 Å². The van der Waals surface area contributed by atoms with Crippen molar-refractivity contribution in [2.45, 2.75) is 11.8 Å². The number of nitrogens with one attached hydrogen (secondary N) is 2. The van der Waals surface area contributed by atoms with Crippen LogP contribution >= 0.6 is 15.9 Å². The standard InChI is InChI=1S/C15H14BrFN2O3S/c1-9-3-5-11(8-12(9)15(20)18-2)23(21,22)19-14-6-4-10(16)7-13(14)17/h3-8,19H,1-2H3,(H,18,20). The first-order chi connectivity index (χ1) is 10.7. The van der Waals surface area contributed by atoms with E-state index in [0.717, 1.165) is 6.07 Å². The number of benzene rings is 2. The Morgan fingerprint density at radius 3 is 2.48 bits per heavy atom. The summed E-state index contributed by atoms with van der Waals surface area (Å²) in [5.74, 6) is -1.10. The van der Waals surface area contributed by atoms with Gasteiger partial charge in [0.05, 0.1) is 10.6 Å². The van der Waals surface area contributed by atoms with Gasteiger partial charge in [-0.3, -0.25) is 9.52 Å². The van der Waals surface area contributed by atoms with Crippen LogP contribution in [0.25, 0.3) is 0 Å². The first kappa shape index (κ1) is 17.4. The molecular formula is C15H14BrFN2O3S. The summed E-state index contributed by atoms with van der Waals surface area (Å²) in [6.07, 6.45) is 0. The van der Waals surface area contributed by atoms with E-state index >= 15 is 0 Å². The van der Waals surface area contributed by atoms with Crippen LogP contribution in [0.1, 0.15) is 15.9 Å². The molecule has 122 valence electrons. The van der Waals surface area contributed by atoms with Crippen molar-refractivity contribution in [3.05, 3.63) is 57.8 Å². The Labute approximate surface area is 142 Å². The molecule has 0 bridgehead atoms. The molecule has 2 N–H and O–H groups in total. The van der Waals surface area contributed by atoms with Gasteiger partial charge in [0, 0.05) is 17.1 Å². The molecule has 8 heteroatoms. The van der Waals surface area contributed by atoms with Crippen LogP contribution in [-0.4, -0.2) is 21.4 Å². The van der Waals surface area contributed by atoms with Gasteiger partial charge >= 0.3 is 0 Å². The minimum Gasteiger partial charge on any atom is -0.355 e. The monoisotopic (exact) mass is 400 g/mol. The second kappa shape index (κ2) is 6.67. The first-order valence-corrected chi connectivity index (χ1v) is 8.83. The number of anilines is 1. The summed E-state index contributed by atoms with van der Waals surface area (Å²) in [6, 6.07) is 8.13. The van der Waals surface area contributed by atoms with Crippen LogP contribution in [0.2, 0.25) is 0 Å². The molecule has 0 saturated carbocycles. The molecule has 0 atom stereocenters. The van der Waals surface area contributed by atoms with Gasteiger partial charge in [0.15, 0.2) is 0 Å². The normalized spacial score (nSPS) is 11.1. The van der Waals surface area contributed by atoms with Crippen LogP contribution in [0.15, 0.2) is 45.8 Å². The van der Waals surface area contributed by atoms with E-state index in [2.05, 4.69) is 26.0 Å². The van der Waals surface area contributed by atoms with Crippen molar-refractivity contribution in [3.8, 4) is 0 Å². The van der Waals surface area contributed by atoms with Crippen LogP contribution in [0.3, 0.4) is 0 Å². The van der Waals surface area contributed by atoms with E-state index in [9.17, 15) is 17.6 Å². The molecule has 2 aromatic carbocycles. The molecule has 23 heavy (non-hydrogen) atoms. The number of amides is 1. The van der Waals surface area contributed by atoms with Crippen molar-refractivity contribution in [1.29, 1.82) is 0 Å². The summed E-state index contributed by atoms with van der Waals surface area (Å²) in [4.78, 5) is 11.7. The van der Waals surface area contributed by atoms with Gasteiger partial charge in [-0.05, 0) is 42.8 Å². The van der Waals surface area contributed by atoms with Gasteiger partial charge in [-0.1, -0.05) is 22.0 Å². The van der Waals surface area contributed by atoms with Gasteiger partial charge in [-0.15, -0.1) is 0 Å². The topological polar surface area (TPSA) is 75.3 Å². The van der Waals surface area contributed by atoms with Gasteiger partial charge in [-0.2, -0.15) is 0 Å². The molecule has 0 aliphatic rings. The number of sulfonamides is 1. The maximum Gasteiger partial charge on any atom is 0.262 e. The Hall–Kier alpha value is -1.93. The average molecular weight is 401 g/mol. The van der Waals surface area contributed by atoms with Gasteiger partial charge in [0.1, 0.15) is 5.82 Å². The minimum absolute atomic E-state index is 0.121. The number of aryl methyl sites for hydroxylation is 1. The molecule has 0 radical (unpaired) electrons. The second-order valence-electron chi connectivity index (χ2n) is 4.79. The van der Waals surface area contributed by atoms with Gasteiger partial charge < -0.3 is 5.32 Å². The van der Waals surface area contributed by atoms with Crippen LogP contribution in [0.4, 0.5) is 10.1 Å². The Bertz CT molecular complexity index is 869. The lowest BCUT2D eigenvalue weighted by atomic mass is 10.1. The van der Waals surface area contributed by atoms with Crippen LogP contribution in [0, 0.1) is 12.7 Å². The summed E-state index contributed by atoms with van der Waals surface area (Å²) in [6.45, 7) is 1.70. The summed E-state index contributed by atoms with van der Waals surface area (Å²) < 4.78 is 41.3. The predicted octanol–water partition coefficient (Wildman–Crippen LogP) is 3.06. The molecule has 5 nitrogen and oxygen atoms in total. The highest BCUT2D eigenvalue weighted by Gasteiger charge is 2.19. The van der Waals surface area contributed by atoms with Crippen LogP contribution in [0.5, 0.6) is 0 Å². The molecule has 0 aromatic heterocycles. The van der Waals surface area contributed by atoms with Crippen LogP contribution < -0.4 is 10.0 Å². The number of hydrogen-bond donors (Lipinski definition) is 2. The maximum atomic E-state index is 13.8. The van der Waals surface area contributed by atoms with E-state index in [1.165, 1.54) is 37.4 Å². The third-order valence-corrected chi connectivity index (χ3v) is 5.02. The van der Waals surface area contributed by atoms with Gasteiger partial charge in [0.2, 0.25) is 0 Å². The highest BCUT2D eigenvalue weighted by Crippen LogP contribution is 2.23. The second-order valence-corrected chi connectivity index (χ2v) is 7.38. The highest BCUT2D eigenvalue weighted by atomic mass is 79.9. The largest absolute Gasteiger partial charge is 0.355 e. The lowest BCUT2D eigenvalue weighted by Gasteiger charge is -2.11. The zero-order valence-corrected chi connectivity index (χ0v) is 14.8. The Morgan fingerprint density at radius 1 is 1.17 bits per heavy atom. The van der Waals surface area contributed by atoms with E-state index in [1.807, 2.05) is 0 Å². The minimum atomic E-state index is -4.01. The molecule has 0 unspecified atom stereocenters. The Balaban J connectivity index is 2.42. The summed E-state index contributed by atoms with van der Waals surface area (Å²) >= 11 is 3.10. The van der Waals surface area contributed by atoms with E-state index in [-0.39, 0.29) is 16.1 Å². The Kier molecular flexibility index (Phi) is 5.06. The van der Waals surface area contributed by atoms with E-state index < -0.39 is 21.7 Å². The third-order valence-electron chi connectivity index (χ3n) is 3.17. The molecular weight excluding hydrogens is 387 g/mol. The molecule has 0 aliphatic heterocycles. The molecule has 0 saturated heterocycles. The molecule has 0 aliphatic carbocycles. The van der Waals surface area contributed by atoms with Crippen LogP contribution in [-0.2, 0) is 10.0 Å². The quantitative estimate of drug-likeness (QED) is 0.827. The van der Waals surface area contributed by atoms with Gasteiger partial charge in [0.25, 0.3) is 15.9 Å².